The molecule has 0 unspecified atom stereocenters. The predicted octanol–water partition coefficient (Wildman–Crippen LogP) is 0.646. The number of rotatable bonds is 2. The molecule has 0 spiro atoms. The van der Waals surface area contributed by atoms with Crippen LogP contribution < -0.4 is 10.2 Å². The van der Waals surface area contributed by atoms with Crippen LogP contribution in [0.5, 0.6) is 0 Å². The van der Waals surface area contributed by atoms with Gasteiger partial charge in [-0.15, -0.1) is 0 Å². The molecule has 0 aromatic carbocycles. The summed E-state index contributed by atoms with van der Waals surface area (Å²) in [5.74, 6) is 0. The number of amides is 1. The van der Waals surface area contributed by atoms with Crippen molar-refractivity contribution < 1.29 is 9.63 Å². The zero-order chi connectivity index (χ0) is 8.10. The molecule has 1 N–H and O–H groups in total. The Bertz CT molecular complexity index is 218. The van der Waals surface area contributed by atoms with Crippen molar-refractivity contribution in [2.75, 3.05) is 6.54 Å². The number of aromatic nitrogens is 1. The van der Waals surface area contributed by atoms with Crippen molar-refractivity contribution in [2.45, 2.75) is 6.92 Å². The molecule has 1 aromatic heterocycles. The molecule has 60 valence electrons. The third-order valence-electron chi connectivity index (χ3n) is 1.09. The van der Waals surface area contributed by atoms with Gasteiger partial charge in [0.05, 0.1) is 0 Å². The fraction of sp³-hybridized carbons (Fsp3) is 0.286. The minimum absolute atomic E-state index is 0.441. The molecule has 0 aliphatic carbocycles. The lowest BCUT2D eigenvalue weighted by molar-refractivity contribution is 0.134. The Labute approximate surface area is 64.7 Å². The van der Waals surface area contributed by atoms with Crippen molar-refractivity contribution in [1.29, 1.82) is 0 Å². The van der Waals surface area contributed by atoms with Crippen LogP contribution in [-0.4, -0.2) is 17.4 Å². The Hall–Kier alpha value is -1.45. The number of hydrogen-bond donors (Lipinski definition) is 1. The highest BCUT2D eigenvalue weighted by Gasteiger charge is 1.98. The second kappa shape index (κ2) is 3.65. The molecule has 0 saturated carbocycles. The Morgan fingerprint density at radius 3 is 2.73 bits per heavy atom. The Kier molecular flexibility index (Phi) is 2.54. The number of nitrogens with one attached hydrogen (secondary N) is 1. The molecule has 0 radical (unpaired) electrons. The van der Waals surface area contributed by atoms with E-state index in [4.69, 9.17) is 4.84 Å². The normalized spacial score (nSPS) is 9.18. The molecule has 0 bridgehead atoms. The van der Waals surface area contributed by atoms with Crippen LogP contribution in [0.3, 0.4) is 0 Å². The SMILES string of the molecule is CCNC(=O)On1cccc1. The summed E-state index contributed by atoms with van der Waals surface area (Å²) >= 11 is 0. The molecule has 0 fully saturated rings. The smallest absolute Gasteiger partial charge is 0.320 e. The van der Waals surface area contributed by atoms with Gasteiger partial charge in [0.15, 0.2) is 0 Å². The van der Waals surface area contributed by atoms with Crippen molar-refractivity contribution in [1.82, 2.24) is 10.0 Å². The van der Waals surface area contributed by atoms with E-state index < -0.39 is 6.09 Å². The van der Waals surface area contributed by atoms with Gasteiger partial charge in [0.25, 0.3) is 0 Å². The lowest BCUT2D eigenvalue weighted by atomic mass is 10.7. The minimum Gasteiger partial charge on any atom is -0.320 e. The van der Waals surface area contributed by atoms with Gasteiger partial charge in [0.2, 0.25) is 0 Å². The van der Waals surface area contributed by atoms with Gasteiger partial charge < -0.3 is 10.2 Å². The van der Waals surface area contributed by atoms with Gasteiger partial charge in [-0.3, -0.25) is 0 Å². The van der Waals surface area contributed by atoms with E-state index in [9.17, 15) is 4.79 Å². The molecule has 0 saturated heterocycles. The summed E-state index contributed by atoms with van der Waals surface area (Å²) in [7, 11) is 0. The quantitative estimate of drug-likeness (QED) is 0.679. The van der Waals surface area contributed by atoms with Crippen molar-refractivity contribution in [2.24, 2.45) is 0 Å². The first-order chi connectivity index (χ1) is 5.33. The maximum Gasteiger partial charge on any atom is 0.431 e. The number of carbonyl (C=O) groups is 1. The number of nitrogens with zero attached hydrogens (tertiary/aromatic N) is 1. The van der Waals surface area contributed by atoms with E-state index in [1.54, 1.807) is 24.5 Å². The van der Waals surface area contributed by atoms with Crippen molar-refractivity contribution in [3.63, 3.8) is 0 Å². The monoisotopic (exact) mass is 154 g/mol. The van der Waals surface area contributed by atoms with Gasteiger partial charge in [-0.2, -0.15) is 4.73 Å². The lowest BCUT2D eigenvalue weighted by Crippen LogP contribution is -2.31. The Morgan fingerprint density at radius 1 is 1.55 bits per heavy atom. The Balaban J connectivity index is 2.37. The van der Waals surface area contributed by atoms with E-state index in [-0.39, 0.29) is 0 Å². The van der Waals surface area contributed by atoms with Gasteiger partial charge >= 0.3 is 6.09 Å². The first kappa shape index (κ1) is 7.65. The number of hydrogen-bond acceptors (Lipinski definition) is 2. The average Bonchev–Trinajstić information content (AvgIpc) is 2.40. The molecule has 11 heavy (non-hydrogen) atoms. The second-order valence-corrected chi connectivity index (χ2v) is 1.95. The van der Waals surface area contributed by atoms with Crippen LogP contribution in [0.15, 0.2) is 24.5 Å². The maximum absolute atomic E-state index is 10.8. The molecule has 0 aliphatic rings. The zero-order valence-electron chi connectivity index (χ0n) is 6.28. The zero-order valence-corrected chi connectivity index (χ0v) is 6.28. The third kappa shape index (κ3) is 2.33. The molecular weight excluding hydrogens is 144 g/mol. The summed E-state index contributed by atoms with van der Waals surface area (Å²) in [5, 5.41) is 2.50. The van der Waals surface area contributed by atoms with Crippen LogP contribution in [0.4, 0.5) is 4.79 Å². The van der Waals surface area contributed by atoms with E-state index in [0.717, 1.165) is 0 Å². The Morgan fingerprint density at radius 2 is 2.18 bits per heavy atom. The van der Waals surface area contributed by atoms with Gasteiger partial charge in [-0.1, -0.05) is 0 Å². The average molecular weight is 154 g/mol. The lowest BCUT2D eigenvalue weighted by Gasteiger charge is -2.03. The van der Waals surface area contributed by atoms with Crippen molar-refractivity contribution in [3.05, 3.63) is 24.5 Å². The molecule has 1 rings (SSSR count). The highest BCUT2D eigenvalue weighted by molar-refractivity contribution is 5.67. The number of carbonyl (C=O) groups excluding carboxylic acids is 1. The molecule has 1 heterocycles. The van der Waals surface area contributed by atoms with Crippen LogP contribution in [0.1, 0.15) is 6.92 Å². The molecule has 1 amide bonds. The van der Waals surface area contributed by atoms with Crippen LogP contribution in [0.2, 0.25) is 0 Å². The summed E-state index contributed by atoms with van der Waals surface area (Å²) < 4.78 is 1.34. The van der Waals surface area contributed by atoms with E-state index in [1.165, 1.54) is 4.73 Å². The largest absolute Gasteiger partial charge is 0.431 e. The van der Waals surface area contributed by atoms with Crippen LogP contribution in [0, 0.1) is 0 Å². The minimum atomic E-state index is -0.441. The second-order valence-electron chi connectivity index (χ2n) is 1.95. The summed E-state index contributed by atoms with van der Waals surface area (Å²) in [4.78, 5) is 15.5. The van der Waals surface area contributed by atoms with E-state index in [0.29, 0.717) is 6.54 Å². The van der Waals surface area contributed by atoms with Gasteiger partial charge in [0, 0.05) is 18.9 Å². The summed E-state index contributed by atoms with van der Waals surface area (Å²) in [5.41, 5.74) is 0. The highest BCUT2D eigenvalue weighted by atomic mass is 16.7. The van der Waals surface area contributed by atoms with E-state index in [1.807, 2.05) is 6.92 Å². The highest BCUT2D eigenvalue weighted by Crippen LogP contribution is 1.84. The van der Waals surface area contributed by atoms with E-state index >= 15 is 0 Å². The first-order valence-electron chi connectivity index (χ1n) is 3.42. The molecule has 1 aromatic rings. The molecule has 4 heteroatoms. The fourth-order valence-electron chi connectivity index (χ4n) is 0.652. The first-order valence-corrected chi connectivity index (χ1v) is 3.42. The molecular formula is C7H10N2O2. The third-order valence-corrected chi connectivity index (χ3v) is 1.09. The standard InChI is InChI=1S/C7H10N2O2/c1-2-8-7(10)11-9-5-3-4-6-9/h3-6H,2H2,1H3,(H,8,10). The topological polar surface area (TPSA) is 43.3 Å². The van der Waals surface area contributed by atoms with Gasteiger partial charge in [0.1, 0.15) is 0 Å². The van der Waals surface area contributed by atoms with Crippen LogP contribution >= 0.6 is 0 Å². The molecule has 0 aliphatic heterocycles. The van der Waals surface area contributed by atoms with Crippen LogP contribution in [0.25, 0.3) is 0 Å². The van der Waals surface area contributed by atoms with Crippen LogP contribution in [-0.2, 0) is 0 Å². The fourth-order valence-corrected chi connectivity index (χ4v) is 0.652. The summed E-state index contributed by atoms with van der Waals surface area (Å²) in [6.45, 7) is 2.40. The van der Waals surface area contributed by atoms with Crippen molar-refractivity contribution in [3.8, 4) is 0 Å². The molecule has 4 nitrogen and oxygen atoms in total. The summed E-state index contributed by atoms with van der Waals surface area (Å²) in [6, 6.07) is 3.55. The predicted molar refractivity (Wildman–Crippen MR) is 40.1 cm³/mol. The van der Waals surface area contributed by atoms with E-state index in [2.05, 4.69) is 5.32 Å². The van der Waals surface area contributed by atoms with Gasteiger partial charge in [-0.25, -0.2) is 4.79 Å². The molecule has 0 atom stereocenters. The summed E-state index contributed by atoms with van der Waals surface area (Å²) in [6.07, 6.45) is 2.86. The van der Waals surface area contributed by atoms with Gasteiger partial charge in [-0.05, 0) is 19.1 Å². The maximum atomic E-state index is 10.8. The van der Waals surface area contributed by atoms with Crippen molar-refractivity contribution >= 4 is 6.09 Å².